The zero-order valence-corrected chi connectivity index (χ0v) is 21.5. The predicted molar refractivity (Wildman–Crippen MR) is 139 cm³/mol. The van der Waals surface area contributed by atoms with E-state index in [1.165, 1.54) is 25.7 Å². The van der Waals surface area contributed by atoms with Gasteiger partial charge in [0.2, 0.25) is 0 Å². The van der Waals surface area contributed by atoms with Crippen molar-refractivity contribution in [3.8, 4) is 17.5 Å². The molecule has 35 heavy (non-hydrogen) atoms. The van der Waals surface area contributed by atoms with Crippen LogP contribution in [0.1, 0.15) is 63.6 Å². The second-order valence-corrected chi connectivity index (χ2v) is 11.3. The molecule has 2 aliphatic heterocycles. The minimum atomic E-state index is 0.250. The molecule has 0 radical (unpaired) electrons. The number of nitriles is 1. The van der Waals surface area contributed by atoms with Crippen LogP contribution in [0.15, 0.2) is 24.7 Å². The molecule has 4 aromatic heterocycles. The lowest BCUT2D eigenvalue weighted by atomic mass is 9.80. The molecular formula is C26H30N8S. The number of hydrogen-bond donors (Lipinski definition) is 1. The highest BCUT2D eigenvalue weighted by Crippen LogP contribution is 2.47. The fourth-order valence-corrected chi connectivity index (χ4v) is 7.08. The third kappa shape index (κ3) is 3.58. The molecule has 2 aliphatic rings. The van der Waals surface area contributed by atoms with Gasteiger partial charge in [0.15, 0.2) is 16.6 Å². The van der Waals surface area contributed by atoms with Crippen molar-refractivity contribution in [3.05, 3.63) is 35.9 Å². The third-order valence-corrected chi connectivity index (χ3v) is 9.31. The molecule has 0 amide bonds. The summed E-state index contributed by atoms with van der Waals surface area (Å²) in [6.45, 7) is 6.55. The Morgan fingerprint density at radius 2 is 1.91 bits per heavy atom. The van der Waals surface area contributed by atoms with Crippen molar-refractivity contribution in [1.29, 1.82) is 5.26 Å². The number of hydrogen-bond acceptors (Lipinski definition) is 8. The molecule has 6 heterocycles. The molecule has 0 aliphatic carbocycles. The van der Waals surface area contributed by atoms with Crippen LogP contribution in [0.3, 0.4) is 0 Å². The maximum Gasteiger partial charge on any atom is 0.187 e. The van der Waals surface area contributed by atoms with Gasteiger partial charge in [-0.3, -0.25) is 0 Å². The summed E-state index contributed by atoms with van der Waals surface area (Å²) in [5.74, 6) is 0.592. The van der Waals surface area contributed by atoms with Gasteiger partial charge in [0.25, 0.3) is 0 Å². The van der Waals surface area contributed by atoms with Gasteiger partial charge in [-0.25, -0.2) is 19.9 Å². The van der Waals surface area contributed by atoms with Crippen LogP contribution in [0, 0.1) is 18.3 Å². The lowest BCUT2D eigenvalue weighted by Crippen LogP contribution is -2.60. The van der Waals surface area contributed by atoms with E-state index < -0.39 is 0 Å². The number of imidazole rings is 1. The fraction of sp³-hybridized carbons (Fsp3) is 0.500. The van der Waals surface area contributed by atoms with E-state index in [2.05, 4.69) is 47.1 Å². The number of pyridine rings is 1. The summed E-state index contributed by atoms with van der Waals surface area (Å²) in [6, 6.07) is 4.52. The Balaban J connectivity index is 1.33. The van der Waals surface area contributed by atoms with Crippen molar-refractivity contribution < 1.29 is 0 Å². The topological polar surface area (TPSA) is 95.0 Å². The van der Waals surface area contributed by atoms with Crippen molar-refractivity contribution in [2.75, 3.05) is 11.9 Å². The number of thiazole rings is 1. The van der Waals surface area contributed by atoms with Gasteiger partial charge >= 0.3 is 0 Å². The van der Waals surface area contributed by atoms with Gasteiger partial charge in [-0.15, -0.1) is 0 Å². The number of aromatic nitrogens is 5. The van der Waals surface area contributed by atoms with E-state index in [4.69, 9.17) is 9.97 Å². The number of fused-ring (bicyclic) bond motifs is 4. The average molecular weight is 487 g/mol. The SMILES string of the molecule is CC[C@]12CC[C@](CC)(C[C@@H](N(C)c3nc4cnc(-c5cc(C#N)c6nc(C)cn6c5)nc4s3)C1)N2. The molecule has 0 unspecified atom stereocenters. The van der Waals surface area contributed by atoms with E-state index in [0.29, 0.717) is 23.1 Å². The van der Waals surface area contributed by atoms with Crippen molar-refractivity contribution in [1.82, 2.24) is 29.7 Å². The summed E-state index contributed by atoms with van der Waals surface area (Å²) in [7, 11) is 2.18. The molecular weight excluding hydrogens is 456 g/mol. The lowest BCUT2D eigenvalue weighted by Gasteiger charge is -2.47. The minimum Gasteiger partial charge on any atom is -0.348 e. The number of aryl methyl sites for hydroxylation is 1. The molecule has 4 aromatic rings. The summed E-state index contributed by atoms with van der Waals surface area (Å²) in [5.41, 5.74) is 4.14. The van der Waals surface area contributed by atoms with Crippen LogP contribution in [-0.2, 0) is 0 Å². The summed E-state index contributed by atoms with van der Waals surface area (Å²) < 4.78 is 1.88. The summed E-state index contributed by atoms with van der Waals surface area (Å²) in [6.07, 6.45) is 12.8. The summed E-state index contributed by atoms with van der Waals surface area (Å²) >= 11 is 1.62. The first kappa shape index (κ1) is 22.4. The fourth-order valence-electron chi connectivity index (χ4n) is 6.13. The van der Waals surface area contributed by atoms with Crippen molar-refractivity contribution in [3.63, 3.8) is 0 Å². The molecule has 1 N–H and O–H groups in total. The van der Waals surface area contributed by atoms with E-state index in [1.807, 2.05) is 29.8 Å². The minimum absolute atomic E-state index is 0.250. The molecule has 6 rings (SSSR count). The highest BCUT2D eigenvalue weighted by atomic mass is 32.1. The Kier molecular flexibility index (Phi) is 5.09. The first-order chi connectivity index (χ1) is 16.9. The molecule has 3 atom stereocenters. The monoisotopic (exact) mass is 486 g/mol. The Bertz CT molecular complexity index is 1460. The molecule has 2 bridgehead atoms. The molecule has 8 nitrogen and oxygen atoms in total. The first-order valence-electron chi connectivity index (χ1n) is 12.4. The van der Waals surface area contributed by atoms with E-state index >= 15 is 0 Å². The standard InChI is InChI=1S/C26H30N8S/c1-5-25-7-8-26(6-2,32-25)11-19(10-25)33(4)24-30-20-13-28-21(31-23(20)35-24)18-9-17(12-27)22-29-16(3)14-34(22)15-18/h9,13-15,19,32H,5-8,10-11H2,1-4H3/t19-,25-,26+. The highest BCUT2D eigenvalue weighted by molar-refractivity contribution is 7.21. The smallest absolute Gasteiger partial charge is 0.187 e. The number of nitrogens with one attached hydrogen (secondary N) is 1. The van der Waals surface area contributed by atoms with Crippen LogP contribution in [-0.4, -0.2) is 48.5 Å². The van der Waals surface area contributed by atoms with Crippen molar-refractivity contribution >= 4 is 32.5 Å². The van der Waals surface area contributed by atoms with Gasteiger partial charge in [-0.1, -0.05) is 25.2 Å². The lowest BCUT2D eigenvalue weighted by molar-refractivity contribution is 0.172. The van der Waals surface area contributed by atoms with Crippen LogP contribution in [0.4, 0.5) is 5.13 Å². The van der Waals surface area contributed by atoms with Gasteiger partial charge in [0.05, 0.1) is 17.5 Å². The Labute approximate surface area is 209 Å². The van der Waals surface area contributed by atoms with Gasteiger partial charge in [0.1, 0.15) is 16.4 Å². The van der Waals surface area contributed by atoms with E-state index in [9.17, 15) is 5.26 Å². The Hall–Kier alpha value is -3.09. The summed E-state index contributed by atoms with van der Waals surface area (Å²) in [5, 5.41) is 14.7. The first-order valence-corrected chi connectivity index (χ1v) is 13.2. The molecule has 2 saturated heterocycles. The summed E-state index contributed by atoms with van der Waals surface area (Å²) in [4.78, 5) is 22.0. The molecule has 0 spiro atoms. The van der Waals surface area contributed by atoms with Crippen LogP contribution in [0.2, 0.25) is 0 Å². The number of nitrogens with zero attached hydrogens (tertiary/aromatic N) is 7. The van der Waals surface area contributed by atoms with E-state index in [0.717, 1.165) is 39.6 Å². The van der Waals surface area contributed by atoms with E-state index in [-0.39, 0.29) is 11.1 Å². The van der Waals surface area contributed by atoms with Gasteiger partial charge in [-0.05, 0) is 51.5 Å². The quantitative estimate of drug-likeness (QED) is 0.430. The highest BCUT2D eigenvalue weighted by Gasteiger charge is 2.52. The Morgan fingerprint density at radius 1 is 1.17 bits per heavy atom. The normalized spacial score (nSPS) is 25.9. The van der Waals surface area contributed by atoms with Crippen molar-refractivity contribution in [2.45, 2.75) is 76.4 Å². The molecule has 2 fully saturated rings. The van der Waals surface area contributed by atoms with Crippen LogP contribution in [0.25, 0.3) is 27.4 Å². The maximum atomic E-state index is 9.63. The Morgan fingerprint density at radius 3 is 2.60 bits per heavy atom. The number of rotatable bonds is 5. The molecule has 180 valence electrons. The maximum absolute atomic E-state index is 9.63. The van der Waals surface area contributed by atoms with Gasteiger partial charge in [-0.2, -0.15) is 5.26 Å². The average Bonchev–Trinajstić information content (AvgIpc) is 3.55. The van der Waals surface area contributed by atoms with Gasteiger partial charge in [0, 0.05) is 42.1 Å². The predicted octanol–water partition coefficient (Wildman–Crippen LogP) is 4.86. The van der Waals surface area contributed by atoms with Crippen LogP contribution in [0.5, 0.6) is 0 Å². The largest absolute Gasteiger partial charge is 0.348 e. The number of piperidine rings is 1. The van der Waals surface area contributed by atoms with Crippen LogP contribution < -0.4 is 10.2 Å². The van der Waals surface area contributed by atoms with Crippen molar-refractivity contribution in [2.24, 2.45) is 0 Å². The molecule has 0 aromatic carbocycles. The molecule has 0 saturated carbocycles. The number of anilines is 1. The van der Waals surface area contributed by atoms with E-state index in [1.54, 1.807) is 17.5 Å². The molecule has 9 heteroatoms. The third-order valence-electron chi connectivity index (χ3n) is 8.26. The second kappa shape index (κ2) is 7.97. The zero-order chi connectivity index (χ0) is 24.4. The second-order valence-electron chi connectivity index (χ2n) is 10.3. The van der Waals surface area contributed by atoms with Gasteiger partial charge < -0.3 is 14.6 Å². The van der Waals surface area contributed by atoms with Crippen LogP contribution >= 0.6 is 11.3 Å². The zero-order valence-electron chi connectivity index (χ0n) is 20.7.